The minimum Gasteiger partial charge on any atom is -0.480 e. The molecule has 0 rings (SSSR count). The van der Waals surface area contributed by atoms with E-state index in [0.717, 1.165) is 44.9 Å². The molecule has 0 bridgehead atoms. The quantitative estimate of drug-likeness (QED) is 0.116. The summed E-state index contributed by atoms with van der Waals surface area (Å²) < 4.78 is -1.98. The summed E-state index contributed by atoms with van der Waals surface area (Å²) in [5, 5.41) is 19.1. The Hall–Kier alpha value is 1.09. The van der Waals surface area contributed by atoms with Crippen molar-refractivity contribution in [1.29, 1.82) is 0 Å². The molecule has 0 amide bonds. The van der Waals surface area contributed by atoms with Gasteiger partial charge in [0, 0.05) is 0 Å². The van der Waals surface area contributed by atoms with E-state index < -0.39 is 12.4 Å². The van der Waals surface area contributed by atoms with Crippen LogP contribution in [0, 0.1) is 0 Å². The molecule has 0 aromatic heterocycles. The number of carboxylic acid groups (broad SMARTS) is 1. The second-order valence-electron chi connectivity index (χ2n) is 6.39. The number of unbranched alkanes of at least 4 members (excludes halogenated alkanes) is 6. The molecule has 0 spiro atoms. The Morgan fingerprint density at radius 1 is 1.00 bits per heavy atom. The first-order chi connectivity index (χ1) is 11.6. The number of rotatable bonds is 15. The minimum atomic E-state index is -1.24. The van der Waals surface area contributed by atoms with Crippen molar-refractivity contribution in [3.05, 3.63) is 12.2 Å². The topological polar surface area (TPSA) is 57.5 Å². The molecular formula is C18H30Br4O3. The molecule has 3 nitrogen and oxygen atoms in total. The third kappa shape index (κ3) is 11.5. The van der Waals surface area contributed by atoms with Gasteiger partial charge in [0.1, 0.15) is 3.23 Å². The fraction of sp³-hybridized carbons (Fsp3) is 0.833. The predicted octanol–water partition coefficient (Wildman–Crippen LogP) is 7.27. The number of aliphatic carboxylic acids is 1. The molecule has 0 saturated carbocycles. The van der Waals surface area contributed by atoms with Crippen LogP contribution in [-0.4, -0.2) is 28.8 Å². The average molecular weight is 614 g/mol. The highest BCUT2D eigenvalue weighted by Gasteiger charge is 2.50. The molecule has 0 fully saturated rings. The summed E-state index contributed by atoms with van der Waals surface area (Å²) in [5.41, 5.74) is 0. The molecule has 0 aliphatic rings. The smallest absolute Gasteiger partial charge is 0.333 e. The van der Waals surface area contributed by atoms with Crippen LogP contribution in [0.3, 0.4) is 0 Å². The maximum atomic E-state index is 11.2. The Bertz CT molecular complexity index is 398. The molecule has 0 radical (unpaired) electrons. The van der Waals surface area contributed by atoms with Crippen LogP contribution in [0.1, 0.15) is 77.6 Å². The van der Waals surface area contributed by atoms with E-state index in [1.165, 1.54) is 19.3 Å². The maximum Gasteiger partial charge on any atom is 0.333 e. The minimum absolute atomic E-state index is 0.211. The first kappa shape index (κ1) is 26.1. The number of aliphatic hydroxyl groups is 1. The predicted molar refractivity (Wildman–Crippen MR) is 120 cm³/mol. The standard InChI is InChI=1S/C18H30Br4O3/c1-2-3-4-9-12-15(23)13-10-7-5-6-8-11-14-17(19,20)18(21,22)16(24)25/h7,10,15,23H,2-6,8-9,11-14H2,1H3,(H,24,25)/b10-7-/t15-/m1/s1. The fourth-order valence-corrected chi connectivity index (χ4v) is 3.69. The monoisotopic (exact) mass is 610 g/mol. The molecule has 0 aliphatic heterocycles. The van der Waals surface area contributed by atoms with E-state index in [4.69, 9.17) is 0 Å². The van der Waals surface area contributed by atoms with Crippen molar-refractivity contribution in [2.24, 2.45) is 0 Å². The van der Waals surface area contributed by atoms with Gasteiger partial charge >= 0.3 is 5.97 Å². The van der Waals surface area contributed by atoms with Crippen molar-refractivity contribution in [3.8, 4) is 0 Å². The lowest BCUT2D eigenvalue weighted by Gasteiger charge is -2.30. The zero-order valence-corrected chi connectivity index (χ0v) is 21.2. The van der Waals surface area contributed by atoms with Crippen LogP contribution in [0.15, 0.2) is 12.2 Å². The number of carboxylic acids is 1. The SMILES string of the molecule is CCCCCC[C@@H](O)C/C=C\CCCCCC(Br)(Br)C(Br)(Br)C(=O)O. The first-order valence-corrected chi connectivity index (χ1v) is 12.1. The van der Waals surface area contributed by atoms with E-state index in [1.54, 1.807) is 0 Å². The Kier molecular flexibility index (Phi) is 14.8. The van der Waals surface area contributed by atoms with Crippen LogP contribution in [0.25, 0.3) is 0 Å². The van der Waals surface area contributed by atoms with Gasteiger partial charge in [0.2, 0.25) is 3.23 Å². The van der Waals surface area contributed by atoms with Crippen molar-refractivity contribution in [2.45, 2.75) is 90.1 Å². The lowest BCUT2D eigenvalue weighted by atomic mass is 10.1. The molecule has 1 atom stereocenters. The molecule has 148 valence electrons. The highest BCUT2D eigenvalue weighted by Crippen LogP contribution is 2.51. The average Bonchev–Trinajstić information content (AvgIpc) is 2.53. The van der Waals surface area contributed by atoms with Crippen LogP contribution < -0.4 is 0 Å². The summed E-state index contributed by atoms with van der Waals surface area (Å²) in [6, 6.07) is 0. The molecule has 0 aromatic rings. The molecule has 2 N–H and O–H groups in total. The summed E-state index contributed by atoms with van der Waals surface area (Å²) in [7, 11) is 0. The molecule has 0 heterocycles. The summed E-state index contributed by atoms with van der Waals surface area (Å²) >= 11 is 13.3. The van der Waals surface area contributed by atoms with Gasteiger partial charge in [0.25, 0.3) is 0 Å². The fourth-order valence-electron chi connectivity index (χ4n) is 2.40. The molecule has 7 heteroatoms. The Morgan fingerprint density at radius 3 is 2.24 bits per heavy atom. The van der Waals surface area contributed by atoms with Gasteiger partial charge in [0.15, 0.2) is 0 Å². The van der Waals surface area contributed by atoms with Crippen LogP contribution in [-0.2, 0) is 4.79 Å². The lowest BCUT2D eigenvalue weighted by Crippen LogP contribution is -2.41. The van der Waals surface area contributed by atoms with Gasteiger partial charge < -0.3 is 10.2 Å². The molecule has 0 aromatic carbocycles. The molecule has 0 saturated heterocycles. The van der Waals surface area contributed by atoms with Gasteiger partial charge in [-0.05, 0) is 32.1 Å². The van der Waals surface area contributed by atoms with Gasteiger partial charge in [-0.1, -0.05) is 121 Å². The van der Waals surface area contributed by atoms with Crippen molar-refractivity contribution in [1.82, 2.24) is 0 Å². The highest BCUT2D eigenvalue weighted by molar-refractivity contribution is 9.30. The van der Waals surface area contributed by atoms with Crippen LogP contribution in [0.5, 0.6) is 0 Å². The largest absolute Gasteiger partial charge is 0.480 e. The van der Waals surface area contributed by atoms with Crippen molar-refractivity contribution in [3.63, 3.8) is 0 Å². The van der Waals surface area contributed by atoms with E-state index in [1.807, 2.05) is 0 Å². The molecule has 0 aliphatic carbocycles. The number of halogens is 4. The van der Waals surface area contributed by atoms with E-state index in [0.29, 0.717) is 6.42 Å². The summed E-state index contributed by atoms with van der Waals surface area (Å²) in [6.07, 6.45) is 15.1. The zero-order valence-electron chi connectivity index (χ0n) is 14.8. The Labute approximate surface area is 185 Å². The molecule has 25 heavy (non-hydrogen) atoms. The van der Waals surface area contributed by atoms with Gasteiger partial charge in [-0.3, -0.25) is 0 Å². The van der Waals surface area contributed by atoms with Gasteiger partial charge in [-0.25, -0.2) is 4.79 Å². The number of carbonyl (C=O) groups is 1. The van der Waals surface area contributed by atoms with Gasteiger partial charge in [-0.15, -0.1) is 0 Å². The number of aliphatic hydroxyl groups excluding tert-OH is 1. The van der Waals surface area contributed by atoms with Crippen LogP contribution in [0.2, 0.25) is 0 Å². The third-order valence-corrected chi connectivity index (χ3v) is 10.2. The highest BCUT2D eigenvalue weighted by atomic mass is 79.9. The van der Waals surface area contributed by atoms with E-state index in [2.05, 4.69) is 82.8 Å². The lowest BCUT2D eigenvalue weighted by molar-refractivity contribution is -0.137. The first-order valence-electron chi connectivity index (χ1n) is 8.97. The van der Waals surface area contributed by atoms with Crippen LogP contribution >= 0.6 is 63.7 Å². The van der Waals surface area contributed by atoms with Crippen molar-refractivity contribution < 1.29 is 15.0 Å². The van der Waals surface area contributed by atoms with Crippen molar-refractivity contribution >= 4 is 69.7 Å². The second kappa shape index (κ2) is 14.1. The number of allylic oxidation sites excluding steroid dienone is 1. The number of alkyl halides is 4. The Balaban J connectivity index is 3.77. The summed E-state index contributed by atoms with van der Waals surface area (Å²) in [6.45, 7) is 2.19. The van der Waals surface area contributed by atoms with Crippen molar-refractivity contribution in [2.75, 3.05) is 0 Å². The van der Waals surface area contributed by atoms with E-state index in [-0.39, 0.29) is 6.10 Å². The third-order valence-electron chi connectivity index (χ3n) is 4.06. The maximum absolute atomic E-state index is 11.2. The summed E-state index contributed by atoms with van der Waals surface area (Å²) in [4.78, 5) is 11.2. The summed E-state index contributed by atoms with van der Waals surface area (Å²) in [5.74, 6) is -0.975. The van der Waals surface area contributed by atoms with E-state index >= 15 is 0 Å². The van der Waals surface area contributed by atoms with Gasteiger partial charge in [-0.2, -0.15) is 0 Å². The van der Waals surface area contributed by atoms with Crippen LogP contribution in [0.4, 0.5) is 0 Å². The van der Waals surface area contributed by atoms with Gasteiger partial charge in [0.05, 0.1) is 6.10 Å². The second-order valence-corrected chi connectivity index (χ2v) is 13.6. The normalized spacial score (nSPS) is 14.2. The zero-order chi connectivity index (χ0) is 19.3. The Morgan fingerprint density at radius 2 is 1.64 bits per heavy atom. The molecule has 0 unspecified atom stereocenters. The molecular weight excluding hydrogens is 584 g/mol. The number of hydrogen-bond acceptors (Lipinski definition) is 2. The number of hydrogen-bond donors (Lipinski definition) is 2. The van der Waals surface area contributed by atoms with E-state index in [9.17, 15) is 15.0 Å².